The molecule has 10 heteroatoms. The van der Waals surface area contributed by atoms with Crippen LogP contribution in [0.2, 0.25) is 0 Å². The highest BCUT2D eigenvalue weighted by Crippen LogP contribution is 2.23. The minimum atomic E-state index is -3.95. The highest BCUT2D eigenvalue weighted by Gasteiger charge is 2.22. The number of nitrogens with zero attached hydrogens (tertiary/aromatic N) is 2. The van der Waals surface area contributed by atoms with Crippen molar-refractivity contribution in [2.45, 2.75) is 30.7 Å². The van der Waals surface area contributed by atoms with Gasteiger partial charge in [-0.25, -0.2) is 22.5 Å². The third kappa shape index (κ3) is 6.20. The second-order valence-electron chi connectivity index (χ2n) is 6.17. The van der Waals surface area contributed by atoms with E-state index in [1.807, 2.05) is 30.5 Å². The molecule has 6 nitrogen and oxygen atoms in total. The fraction of sp³-hybridized carbons (Fsp3) is 0.263. The number of sulfonamides is 1. The van der Waals surface area contributed by atoms with Crippen LogP contribution in [0.1, 0.15) is 19.8 Å². The van der Waals surface area contributed by atoms with Crippen LogP contribution in [0.15, 0.2) is 58.9 Å². The van der Waals surface area contributed by atoms with Gasteiger partial charge in [0, 0.05) is 24.2 Å². The van der Waals surface area contributed by atoms with E-state index in [0.29, 0.717) is 18.1 Å². The Labute approximate surface area is 180 Å². The molecule has 1 unspecified atom stereocenters. The monoisotopic (exact) mass is 456 g/mol. The Hall–Kier alpha value is -2.07. The van der Waals surface area contributed by atoms with Crippen LogP contribution in [0.5, 0.6) is 0 Å². The topological polar surface area (TPSA) is 84.0 Å². The summed E-state index contributed by atoms with van der Waals surface area (Å²) in [6, 6.07) is 10.6. The lowest BCUT2D eigenvalue weighted by molar-refractivity contribution is 0.523. The Balaban J connectivity index is 0.00000300. The van der Waals surface area contributed by atoms with Gasteiger partial charge in [-0.2, -0.15) is 0 Å². The van der Waals surface area contributed by atoms with Crippen molar-refractivity contribution in [1.82, 2.24) is 14.7 Å². The van der Waals surface area contributed by atoms with Gasteiger partial charge in [0.15, 0.2) is 5.13 Å². The van der Waals surface area contributed by atoms with Crippen molar-refractivity contribution in [2.75, 3.05) is 11.9 Å². The van der Waals surface area contributed by atoms with E-state index >= 15 is 0 Å². The molecular formula is C19H22ClFN4O2S2. The van der Waals surface area contributed by atoms with Crippen LogP contribution in [0, 0.1) is 5.82 Å². The lowest BCUT2D eigenvalue weighted by Crippen LogP contribution is -2.39. The van der Waals surface area contributed by atoms with Gasteiger partial charge >= 0.3 is 0 Å². The van der Waals surface area contributed by atoms with E-state index in [1.165, 1.54) is 29.5 Å². The molecular weight excluding hydrogens is 435 g/mol. The van der Waals surface area contributed by atoms with E-state index in [4.69, 9.17) is 0 Å². The highest BCUT2D eigenvalue weighted by atomic mass is 35.5. The minimum absolute atomic E-state index is 0. The zero-order chi connectivity index (χ0) is 20.0. The van der Waals surface area contributed by atoms with Crippen LogP contribution in [0.25, 0.3) is 11.4 Å². The molecule has 1 aromatic carbocycles. The molecule has 0 aliphatic carbocycles. The highest BCUT2D eigenvalue weighted by molar-refractivity contribution is 7.89. The average molecular weight is 457 g/mol. The fourth-order valence-electron chi connectivity index (χ4n) is 2.69. The molecule has 156 valence electrons. The molecule has 29 heavy (non-hydrogen) atoms. The summed E-state index contributed by atoms with van der Waals surface area (Å²) in [5.41, 5.74) is 1.53. The second-order valence-corrected chi connectivity index (χ2v) is 8.71. The summed E-state index contributed by atoms with van der Waals surface area (Å²) in [6.07, 6.45) is 3.10. The summed E-state index contributed by atoms with van der Waals surface area (Å²) in [7, 11) is -3.95. The summed E-state index contributed by atoms with van der Waals surface area (Å²) < 4.78 is 41.6. The summed E-state index contributed by atoms with van der Waals surface area (Å²) >= 11 is 1.42. The molecule has 0 fully saturated rings. The van der Waals surface area contributed by atoms with E-state index < -0.39 is 21.9 Å². The molecule has 2 aromatic heterocycles. The maximum Gasteiger partial charge on any atom is 0.243 e. The number of thiazole rings is 1. The SMILES string of the molecule is CCCC(CNc1nc(-c2ccccn2)cs1)NS(=O)(=O)c1ccccc1F.Cl. The van der Waals surface area contributed by atoms with Crippen LogP contribution in [-0.2, 0) is 10.0 Å². The fourth-order valence-corrected chi connectivity index (χ4v) is 4.76. The number of hydrogen-bond acceptors (Lipinski definition) is 6. The Kier molecular flexibility index (Phi) is 8.51. The number of nitrogens with one attached hydrogen (secondary N) is 2. The Morgan fingerprint density at radius 2 is 1.90 bits per heavy atom. The van der Waals surface area contributed by atoms with Gasteiger partial charge in [0.2, 0.25) is 10.0 Å². The van der Waals surface area contributed by atoms with E-state index in [9.17, 15) is 12.8 Å². The largest absolute Gasteiger partial charge is 0.360 e. The zero-order valence-corrected chi connectivity index (χ0v) is 18.2. The van der Waals surface area contributed by atoms with E-state index in [-0.39, 0.29) is 17.3 Å². The van der Waals surface area contributed by atoms with Gasteiger partial charge in [-0.05, 0) is 30.7 Å². The molecule has 0 saturated carbocycles. The van der Waals surface area contributed by atoms with Crippen molar-refractivity contribution in [3.63, 3.8) is 0 Å². The van der Waals surface area contributed by atoms with E-state index in [0.717, 1.165) is 23.9 Å². The number of benzene rings is 1. The third-order valence-corrected chi connectivity index (χ3v) is 6.37. The molecule has 2 heterocycles. The zero-order valence-electron chi connectivity index (χ0n) is 15.7. The number of halogens is 2. The average Bonchev–Trinajstić information content (AvgIpc) is 3.16. The van der Waals surface area contributed by atoms with Gasteiger partial charge in [-0.3, -0.25) is 4.98 Å². The summed E-state index contributed by atoms with van der Waals surface area (Å²) in [4.78, 5) is 8.41. The molecule has 0 aliphatic heterocycles. The van der Waals surface area contributed by atoms with Crippen molar-refractivity contribution in [2.24, 2.45) is 0 Å². The number of aromatic nitrogens is 2. The van der Waals surface area contributed by atoms with Gasteiger partial charge in [0.1, 0.15) is 16.4 Å². The van der Waals surface area contributed by atoms with Gasteiger partial charge in [0.05, 0.1) is 5.69 Å². The predicted octanol–water partition coefficient (Wildman–Crippen LogP) is 4.33. The van der Waals surface area contributed by atoms with Crippen molar-refractivity contribution < 1.29 is 12.8 Å². The van der Waals surface area contributed by atoms with Crippen LogP contribution in [-0.4, -0.2) is 31.0 Å². The first kappa shape index (κ1) is 23.2. The van der Waals surface area contributed by atoms with Gasteiger partial charge in [-0.1, -0.05) is 31.5 Å². The molecule has 3 rings (SSSR count). The molecule has 0 aliphatic rings. The first-order chi connectivity index (χ1) is 13.5. The van der Waals surface area contributed by atoms with Crippen LogP contribution < -0.4 is 10.0 Å². The number of anilines is 1. The van der Waals surface area contributed by atoms with E-state index in [2.05, 4.69) is 20.0 Å². The molecule has 0 spiro atoms. The van der Waals surface area contributed by atoms with Crippen molar-refractivity contribution >= 4 is 38.9 Å². The minimum Gasteiger partial charge on any atom is -0.360 e. The first-order valence-corrected chi connectivity index (χ1v) is 11.2. The maximum absolute atomic E-state index is 13.9. The van der Waals surface area contributed by atoms with Crippen molar-refractivity contribution in [3.8, 4) is 11.4 Å². The summed E-state index contributed by atoms with van der Waals surface area (Å²) in [6.45, 7) is 2.31. The molecule has 0 bridgehead atoms. The van der Waals surface area contributed by atoms with Crippen molar-refractivity contribution in [1.29, 1.82) is 0 Å². The Bertz CT molecular complexity index is 1020. The van der Waals surface area contributed by atoms with Gasteiger partial charge < -0.3 is 5.32 Å². The molecule has 0 amide bonds. The second kappa shape index (κ2) is 10.6. The Morgan fingerprint density at radius 3 is 2.59 bits per heavy atom. The van der Waals surface area contributed by atoms with Crippen LogP contribution in [0.4, 0.5) is 9.52 Å². The Morgan fingerprint density at radius 1 is 1.14 bits per heavy atom. The van der Waals surface area contributed by atoms with E-state index in [1.54, 1.807) is 6.20 Å². The molecule has 0 saturated heterocycles. The lowest BCUT2D eigenvalue weighted by Gasteiger charge is -2.18. The third-order valence-electron chi connectivity index (χ3n) is 4.02. The first-order valence-electron chi connectivity index (χ1n) is 8.87. The molecule has 3 aromatic rings. The maximum atomic E-state index is 13.9. The van der Waals surface area contributed by atoms with Gasteiger partial charge in [-0.15, -0.1) is 23.7 Å². The predicted molar refractivity (Wildman–Crippen MR) is 117 cm³/mol. The summed E-state index contributed by atoms with van der Waals surface area (Å²) in [5, 5.41) is 5.73. The normalized spacial score (nSPS) is 12.2. The van der Waals surface area contributed by atoms with Crippen LogP contribution >= 0.6 is 23.7 Å². The molecule has 0 radical (unpaired) electrons. The van der Waals surface area contributed by atoms with Crippen molar-refractivity contribution in [3.05, 3.63) is 59.9 Å². The standard InChI is InChI=1S/C19H21FN4O2S2.ClH/c1-2-7-14(24-28(25,26)18-10-4-3-8-15(18)20)12-22-19-23-17(13-27-19)16-9-5-6-11-21-16;/h3-6,8-11,13-14,24H,2,7,12H2,1H3,(H,22,23);1H. The van der Waals surface area contributed by atoms with Crippen LogP contribution in [0.3, 0.4) is 0 Å². The number of pyridine rings is 1. The summed E-state index contributed by atoms with van der Waals surface area (Å²) in [5.74, 6) is -0.766. The number of rotatable bonds is 9. The quantitative estimate of drug-likeness (QED) is 0.500. The lowest BCUT2D eigenvalue weighted by atomic mass is 10.2. The number of hydrogen-bond donors (Lipinski definition) is 2. The smallest absolute Gasteiger partial charge is 0.243 e. The van der Waals surface area contributed by atoms with Gasteiger partial charge in [0.25, 0.3) is 0 Å². The molecule has 2 N–H and O–H groups in total. The molecule has 1 atom stereocenters.